The number of hydrogen-bond acceptors (Lipinski definition) is 2. The second-order valence-corrected chi connectivity index (χ2v) is 2.55. The smallest absolute Gasteiger partial charge is 0.147 e. The summed E-state index contributed by atoms with van der Waals surface area (Å²) in [4.78, 5) is 8.13. The molecule has 1 rings (SSSR count). The molecule has 0 N–H and O–H groups in total. The molecule has 0 atom stereocenters. The van der Waals surface area contributed by atoms with E-state index in [1.54, 1.807) is 6.20 Å². The largest absolute Gasteiger partial charge is 0.252 e. The Morgan fingerprint density at radius 1 is 1.55 bits per heavy atom. The third-order valence-corrected chi connectivity index (χ3v) is 1.46. The zero-order valence-electron chi connectivity index (χ0n) is 6.50. The van der Waals surface area contributed by atoms with Gasteiger partial charge in [0, 0.05) is 0 Å². The maximum absolute atomic E-state index is 5.62. The standard InChI is InChI=1S/C8H9ClN2/c1-3-4-7-6(2)11-8(9)5-10-7/h3-5H,1-2H3/b4-3-. The van der Waals surface area contributed by atoms with Crippen molar-refractivity contribution in [2.75, 3.05) is 0 Å². The maximum Gasteiger partial charge on any atom is 0.147 e. The highest BCUT2D eigenvalue weighted by Crippen LogP contribution is 2.07. The Bertz CT molecular complexity index is 281. The van der Waals surface area contributed by atoms with Crippen LogP contribution < -0.4 is 0 Å². The van der Waals surface area contributed by atoms with Gasteiger partial charge in [0.2, 0.25) is 0 Å². The topological polar surface area (TPSA) is 25.8 Å². The first kappa shape index (κ1) is 8.21. The highest BCUT2D eigenvalue weighted by Gasteiger charge is 1.96. The summed E-state index contributed by atoms with van der Waals surface area (Å²) in [6.07, 6.45) is 5.37. The van der Waals surface area contributed by atoms with E-state index in [4.69, 9.17) is 11.6 Å². The van der Waals surface area contributed by atoms with Crippen molar-refractivity contribution in [1.82, 2.24) is 9.97 Å². The Kier molecular flexibility index (Phi) is 2.60. The van der Waals surface area contributed by atoms with Gasteiger partial charge in [-0.3, -0.25) is 4.98 Å². The summed E-state index contributed by atoms with van der Waals surface area (Å²) in [6.45, 7) is 3.82. The van der Waals surface area contributed by atoms with E-state index in [1.165, 1.54) is 0 Å². The van der Waals surface area contributed by atoms with Gasteiger partial charge in [-0.25, -0.2) is 4.98 Å². The molecule has 0 aromatic carbocycles. The summed E-state index contributed by atoms with van der Waals surface area (Å²) in [7, 11) is 0. The molecule has 0 saturated carbocycles. The Labute approximate surface area is 70.9 Å². The maximum atomic E-state index is 5.62. The first-order chi connectivity index (χ1) is 5.24. The van der Waals surface area contributed by atoms with Gasteiger partial charge in [-0.15, -0.1) is 0 Å². The molecule has 0 radical (unpaired) electrons. The van der Waals surface area contributed by atoms with Gasteiger partial charge in [-0.2, -0.15) is 0 Å². The van der Waals surface area contributed by atoms with E-state index in [2.05, 4.69) is 9.97 Å². The molecule has 0 amide bonds. The minimum Gasteiger partial charge on any atom is -0.252 e. The van der Waals surface area contributed by atoms with E-state index in [1.807, 2.05) is 26.0 Å². The van der Waals surface area contributed by atoms with Gasteiger partial charge in [0.05, 0.1) is 17.6 Å². The van der Waals surface area contributed by atoms with Crippen molar-refractivity contribution in [3.05, 3.63) is 28.8 Å². The SMILES string of the molecule is C/C=C\c1ncc(Cl)nc1C. The Balaban J connectivity index is 3.09. The van der Waals surface area contributed by atoms with Crippen LogP contribution in [0.4, 0.5) is 0 Å². The molecule has 1 aromatic rings. The zero-order valence-corrected chi connectivity index (χ0v) is 7.26. The second kappa shape index (κ2) is 3.49. The molecular formula is C8H9ClN2. The number of halogens is 1. The van der Waals surface area contributed by atoms with Crippen LogP contribution in [0, 0.1) is 6.92 Å². The predicted molar refractivity (Wildman–Crippen MR) is 46.5 cm³/mol. The van der Waals surface area contributed by atoms with Gasteiger partial charge in [0.15, 0.2) is 0 Å². The normalized spacial score (nSPS) is 10.8. The van der Waals surface area contributed by atoms with Crippen molar-refractivity contribution in [1.29, 1.82) is 0 Å². The number of rotatable bonds is 1. The van der Waals surface area contributed by atoms with E-state index >= 15 is 0 Å². The molecule has 0 spiro atoms. The van der Waals surface area contributed by atoms with Gasteiger partial charge < -0.3 is 0 Å². The van der Waals surface area contributed by atoms with Crippen LogP contribution in [0.3, 0.4) is 0 Å². The molecule has 0 aliphatic carbocycles. The lowest BCUT2D eigenvalue weighted by atomic mass is 10.3. The molecule has 0 unspecified atom stereocenters. The summed E-state index contributed by atoms with van der Waals surface area (Å²) in [5, 5.41) is 0.441. The number of hydrogen-bond donors (Lipinski definition) is 0. The van der Waals surface area contributed by atoms with Gasteiger partial charge >= 0.3 is 0 Å². The van der Waals surface area contributed by atoms with E-state index in [-0.39, 0.29) is 0 Å². The molecule has 0 bridgehead atoms. The van der Waals surface area contributed by atoms with Gasteiger partial charge in [0.1, 0.15) is 5.15 Å². The molecule has 1 heterocycles. The van der Waals surface area contributed by atoms with Crippen LogP contribution in [0.1, 0.15) is 18.3 Å². The fraction of sp³-hybridized carbons (Fsp3) is 0.250. The summed E-state index contributed by atoms with van der Waals surface area (Å²) in [5.74, 6) is 0. The Morgan fingerprint density at radius 2 is 2.27 bits per heavy atom. The van der Waals surface area contributed by atoms with E-state index in [0.29, 0.717) is 5.15 Å². The van der Waals surface area contributed by atoms with Gasteiger partial charge in [-0.05, 0) is 19.9 Å². The summed E-state index contributed by atoms with van der Waals surface area (Å²) in [6, 6.07) is 0. The summed E-state index contributed by atoms with van der Waals surface area (Å²) in [5.41, 5.74) is 1.73. The molecule has 11 heavy (non-hydrogen) atoms. The zero-order chi connectivity index (χ0) is 8.27. The predicted octanol–water partition coefficient (Wildman–Crippen LogP) is 2.47. The van der Waals surface area contributed by atoms with Crippen molar-refractivity contribution >= 4 is 17.7 Å². The monoisotopic (exact) mass is 168 g/mol. The van der Waals surface area contributed by atoms with Crippen molar-refractivity contribution in [2.45, 2.75) is 13.8 Å². The van der Waals surface area contributed by atoms with Crippen LogP contribution >= 0.6 is 11.6 Å². The lowest BCUT2D eigenvalue weighted by molar-refractivity contribution is 1.10. The van der Waals surface area contributed by atoms with E-state index in [9.17, 15) is 0 Å². The highest BCUT2D eigenvalue weighted by molar-refractivity contribution is 6.29. The fourth-order valence-corrected chi connectivity index (χ4v) is 0.960. The van der Waals surface area contributed by atoms with Crippen LogP contribution in [0.25, 0.3) is 6.08 Å². The van der Waals surface area contributed by atoms with Gasteiger partial charge in [0.25, 0.3) is 0 Å². The van der Waals surface area contributed by atoms with Crippen LogP contribution in [0.5, 0.6) is 0 Å². The third-order valence-electron chi connectivity index (χ3n) is 1.28. The minimum absolute atomic E-state index is 0.441. The molecule has 2 nitrogen and oxygen atoms in total. The van der Waals surface area contributed by atoms with Crippen LogP contribution in [0.15, 0.2) is 12.3 Å². The van der Waals surface area contributed by atoms with Crippen LogP contribution in [-0.4, -0.2) is 9.97 Å². The molecule has 58 valence electrons. The molecule has 1 aromatic heterocycles. The average molecular weight is 169 g/mol. The molecule has 0 saturated heterocycles. The average Bonchev–Trinajstić information content (AvgIpc) is 1.95. The number of allylic oxidation sites excluding steroid dienone is 1. The van der Waals surface area contributed by atoms with Gasteiger partial charge in [-0.1, -0.05) is 17.7 Å². The Morgan fingerprint density at radius 3 is 2.82 bits per heavy atom. The van der Waals surface area contributed by atoms with E-state index in [0.717, 1.165) is 11.4 Å². The Hall–Kier alpha value is -0.890. The lowest BCUT2D eigenvalue weighted by Gasteiger charge is -1.96. The molecule has 0 aliphatic rings. The number of aryl methyl sites for hydroxylation is 1. The summed E-state index contributed by atoms with van der Waals surface area (Å²) < 4.78 is 0. The van der Waals surface area contributed by atoms with E-state index < -0.39 is 0 Å². The molecule has 3 heteroatoms. The van der Waals surface area contributed by atoms with Crippen LogP contribution in [0.2, 0.25) is 5.15 Å². The number of aromatic nitrogens is 2. The summed E-state index contributed by atoms with van der Waals surface area (Å²) >= 11 is 5.62. The van der Waals surface area contributed by atoms with Crippen molar-refractivity contribution in [3.8, 4) is 0 Å². The molecule has 0 aliphatic heterocycles. The van der Waals surface area contributed by atoms with Crippen LogP contribution in [-0.2, 0) is 0 Å². The van der Waals surface area contributed by atoms with Crippen molar-refractivity contribution in [2.24, 2.45) is 0 Å². The highest BCUT2D eigenvalue weighted by atomic mass is 35.5. The van der Waals surface area contributed by atoms with Crippen molar-refractivity contribution in [3.63, 3.8) is 0 Å². The first-order valence-electron chi connectivity index (χ1n) is 3.36. The molecular weight excluding hydrogens is 160 g/mol. The second-order valence-electron chi connectivity index (χ2n) is 2.16. The minimum atomic E-state index is 0.441. The number of nitrogens with zero attached hydrogens (tertiary/aromatic N) is 2. The quantitative estimate of drug-likeness (QED) is 0.644. The fourth-order valence-electron chi connectivity index (χ4n) is 0.784. The van der Waals surface area contributed by atoms with Crippen molar-refractivity contribution < 1.29 is 0 Å². The third kappa shape index (κ3) is 2.02. The lowest BCUT2D eigenvalue weighted by Crippen LogP contribution is -1.90. The first-order valence-corrected chi connectivity index (χ1v) is 3.73. The molecule has 0 fully saturated rings.